The van der Waals surface area contributed by atoms with E-state index in [9.17, 15) is 14.4 Å². The smallest absolute Gasteiger partial charge is 0.323 e. The highest BCUT2D eigenvalue weighted by Gasteiger charge is 2.11. The van der Waals surface area contributed by atoms with E-state index in [1.165, 1.54) is 0 Å². The second-order valence-corrected chi connectivity index (χ2v) is 2.28. The van der Waals surface area contributed by atoms with Gasteiger partial charge in [0.1, 0.15) is 0 Å². The Morgan fingerprint density at radius 3 is 2.43 bits per heavy atom. The zero-order chi connectivity index (χ0) is 11.0. The number of carbonyl (C=O) groups excluding carboxylic acids is 3. The van der Waals surface area contributed by atoms with Gasteiger partial charge in [0.25, 0.3) is 0 Å². The quantitative estimate of drug-likeness (QED) is 0.162. The maximum Gasteiger partial charge on any atom is 0.323 e. The van der Waals surface area contributed by atoms with Gasteiger partial charge in [0.2, 0.25) is 0 Å². The van der Waals surface area contributed by atoms with Crippen molar-refractivity contribution in [3.8, 4) is 0 Å². The number of nitrogens with one attached hydrogen (secondary N) is 2. The number of ether oxygens (including phenoxy) is 1. The molecule has 0 atom stereocenters. The zero-order valence-corrected chi connectivity index (χ0v) is 7.83. The van der Waals surface area contributed by atoms with Gasteiger partial charge >= 0.3 is 17.8 Å². The van der Waals surface area contributed by atoms with Crippen LogP contribution in [-0.2, 0) is 19.1 Å². The average molecular weight is 203 g/mol. The summed E-state index contributed by atoms with van der Waals surface area (Å²) in [6, 6.07) is 0. The minimum atomic E-state index is -0.950. The van der Waals surface area contributed by atoms with Crippen molar-refractivity contribution in [2.75, 3.05) is 13.2 Å². The Kier molecular flexibility index (Phi) is 6.04. The first kappa shape index (κ1) is 12.4. The molecule has 0 unspecified atom stereocenters. The van der Waals surface area contributed by atoms with Gasteiger partial charge in [-0.15, -0.1) is 0 Å². The van der Waals surface area contributed by atoms with Crippen LogP contribution in [-0.4, -0.2) is 30.9 Å². The molecule has 0 rings (SSSR count). The molecular formula is C7H13N3O4. The summed E-state index contributed by atoms with van der Waals surface area (Å²) in [5.74, 6) is 2.44. The van der Waals surface area contributed by atoms with Crippen LogP contribution in [0.4, 0.5) is 0 Å². The zero-order valence-electron chi connectivity index (χ0n) is 7.83. The highest BCUT2D eigenvalue weighted by molar-refractivity contribution is 6.34. The molecule has 0 bridgehead atoms. The fraction of sp³-hybridized carbons (Fsp3) is 0.571. The highest BCUT2D eigenvalue weighted by Crippen LogP contribution is 1.83. The summed E-state index contributed by atoms with van der Waals surface area (Å²) in [5.41, 5.74) is 1.66. The minimum Gasteiger partial charge on any atom is -0.466 e. The van der Waals surface area contributed by atoms with E-state index < -0.39 is 17.8 Å². The normalized spacial score (nSPS) is 9.00. The topological polar surface area (TPSA) is 111 Å². The number of amides is 2. The molecule has 0 spiro atoms. The molecule has 80 valence electrons. The molecule has 0 aromatic heterocycles. The SMILES string of the molecule is CCOC(=O)CCNC(=O)C(=O)NN. The molecule has 0 aromatic carbocycles. The lowest BCUT2D eigenvalue weighted by Gasteiger charge is -2.03. The molecule has 0 fully saturated rings. The number of hydrogen-bond acceptors (Lipinski definition) is 5. The predicted octanol–water partition coefficient (Wildman–Crippen LogP) is -1.95. The van der Waals surface area contributed by atoms with E-state index in [1.807, 2.05) is 0 Å². The Morgan fingerprint density at radius 1 is 1.29 bits per heavy atom. The summed E-state index contributed by atoms with van der Waals surface area (Å²) >= 11 is 0. The fourth-order valence-electron chi connectivity index (χ4n) is 0.657. The first-order chi connectivity index (χ1) is 6.61. The molecule has 7 heteroatoms. The van der Waals surface area contributed by atoms with Crippen molar-refractivity contribution in [3.05, 3.63) is 0 Å². The van der Waals surface area contributed by atoms with E-state index in [2.05, 4.69) is 10.1 Å². The van der Waals surface area contributed by atoms with Gasteiger partial charge < -0.3 is 10.1 Å². The number of esters is 1. The Morgan fingerprint density at radius 2 is 1.93 bits per heavy atom. The summed E-state index contributed by atoms with van der Waals surface area (Å²) < 4.78 is 4.60. The van der Waals surface area contributed by atoms with E-state index in [-0.39, 0.29) is 19.6 Å². The predicted molar refractivity (Wildman–Crippen MR) is 46.6 cm³/mol. The van der Waals surface area contributed by atoms with Crippen LogP contribution >= 0.6 is 0 Å². The highest BCUT2D eigenvalue weighted by atomic mass is 16.5. The van der Waals surface area contributed by atoms with E-state index in [0.717, 1.165) is 0 Å². The summed E-state index contributed by atoms with van der Waals surface area (Å²) in [6.07, 6.45) is 0.0252. The number of hydrazine groups is 1. The minimum absolute atomic E-state index is 0.0252. The van der Waals surface area contributed by atoms with Gasteiger partial charge in [-0.25, -0.2) is 5.84 Å². The third-order valence-corrected chi connectivity index (χ3v) is 1.26. The van der Waals surface area contributed by atoms with E-state index in [4.69, 9.17) is 5.84 Å². The average Bonchev–Trinajstić information content (AvgIpc) is 2.16. The molecule has 4 N–H and O–H groups in total. The van der Waals surface area contributed by atoms with Gasteiger partial charge in [0, 0.05) is 6.54 Å². The third kappa shape index (κ3) is 5.09. The second kappa shape index (κ2) is 6.84. The van der Waals surface area contributed by atoms with Crippen molar-refractivity contribution in [3.63, 3.8) is 0 Å². The molecule has 0 aliphatic heterocycles. The molecule has 14 heavy (non-hydrogen) atoms. The van der Waals surface area contributed by atoms with E-state index in [0.29, 0.717) is 0 Å². The lowest BCUT2D eigenvalue weighted by Crippen LogP contribution is -2.43. The van der Waals surface area contributed by atoms with Crippen LogP contribution < -0.4 is 16.6 Å². The molecule has 7 nitrogen and oxygen atoms in total. The van der Waals surface area contributed by atoms with Crippen LogP contribution in [0.15, 0.2) is 0 Å². The number of carbonyl (C=O) groups is 3. The van der Waals surface area contributed by atoms with E-state index in [1.54, 1.807) is 12.3 Å². The summed E-state index contributed by atoms with van der Waals surface area (Å²) in [4.78, 5) is 32.1. The number of nitrogens with two attached hydrogens (primary N) is 1. The number of hydrogen-bond donors (Lipinski definition) is 3. The van der Waals surface area contributed by atoms with Gasteiger partial charge in [-0.3, -0.25) is 19.8 Å². The van der Waals surface area contributed by atoms with Crippen LogP contribution in [0.5, 0.6) is 0 Å². The third-order valence-electron chi connectivity index (χ3n) is 1.26. The molecule has 2 amide bonds. The molecule has 0 aliphatic carbocycles. The van der Waals surface area contributed by atoms with Crippen LogP contribution in [0.25, 0.3) is 0 Å². The Balaban J connectivity index is 3.59. The van der Waals surface area contributed by atoms with E-state index >= 15 is 0 Å². The lowest BCUT2D eigenvalue weighted by atomic mass is 10.4. The Hall–Kier alpha value is -1.63. The first-order valence-corrected chi connectivity index (χ1v) is 4.06. The van der Waals surface area contributed by atoms with Gasteiger partial charge in [-0.1, -0.05) is 0 Å². The molecule has 0 radical (unpaired) electrons. The van der Waals surface area contributed by atoms with Crippen molar-refractivity contribution in [1.82, 2.24) is 10.7 Å². The summed E-state index contributed by atoms with van der Waals surface area (Å²) in [6.45, 7) is 2.01. The van der Waals surface area contributed by atoms with Crippen molar-refractivity contribution in [1.29, 1.82) is 0 Å². The van der Waals surface area contributed by atoms with Crippen LogP contribution in [0, 0.1) is 0 Å². The largest absolute Gasteiger partial charge is 0.466 e. The molecule has 0 aromatic rings. The van der Waals surface area contributed by atoms with Gasteiger partial charge in [0.05, 0.1) is 13.0 Å². The van der Waals surface area contributed by atoms with Crippen LogP contribution in [0.1, 0.15) is 13.3 Å². The Labute approximate surface area is 80.9 Å². The standard InChI is InChI=1S/C7H13N3O4/c1-2-14-5(11)3-4-9-6(12)7(13)10-8/h2-4,8H2,1H3,(H,9,12)(H,10,13). The van der Waals surface area contributed by atoms with Crippen molar-refractivity contribution in [2.45, 2.75) is 13.3 Å². The first-order valence-electron chi connectivity index (χ1n) is 4.06. The summed E-state index contributed by atoms with van der Waals surface area (Å²) in [7, 11) is 0. The lowest BCUT2D eigenvalue weighted by molar-refractivity contribution is -0.143. The maximum absolute atomic E-state index is 10.8. The second-order valence-electron chi connectivity index (χ2n) is 2.28. The van der Waals surface area contributed by atoms with Gasteiger partial charge in [0.15, 0.2) is 0 Å². The summed E-state index contributed by atoms with van der Waals surface area (Å²) in [5, 5.41) is 2.19. The monoisotopic (exact) mass is 203 g/mol. The van der Waals surface area contributed by atoms with Gasteiger partial charge in [-0.2, -0.15) is 0 Å². The Bertz CT molecular complexity index is 229. The molecule has 0 aliphatic rings. The van der Waals surface area contributed by atoms with Crippen molar-refractivity contribution >= 4 is 17.8 Å². The van der Waals surface area contributed by atoms with Crippen molar-refractivity contribution < 1.29 is 19.1 Å². The maximum atomic E-state index is 10.8. The molecule has 0 saturated carbocycles. The molecular weight excluding hydrogens is 190 g/mol. The fourth-order valence-corrected chi connectivity index (χ4v) is 0.657. The number of rotatable bonds is 4. The van der Waals surface area contributed by atoms with Crippen LogP contribution in [0.3, 0.4) is 0 Å². The molecule has 0 saturated heterocycles. The van der Waals surface area contributed by atoms with Crippen LogP contribution in [0.2, 0.25) is 0 Å². The van der Waals surface area contributed by atoms with Gasteiger partial charge in [-0.05, 0) is 6.92 Å². The molecule has 0 heterocycles. The van der Waals surface area contributed by atoms with Crippen molar-refractivity contribution in [2.24, 2.45) is 5.84 Å².